The first-order valence-electron chi connectivity index (χ1n) is 7.90. The summed E-state index contributed by atoms with van der Waals surface area (Å²) in [7, 11) is 0. The van der Waals surface area contributed by atoms with Crippen LogP contribution in [0.5, 0.6) is 5.75 Å². The zero-order valence-corrected chi connectivity index (χ0v) is 14.6. The standard InChI is InChI=1S/C18H30N2O2/c1-12(2)16(19)17(21)20-13(3)11-22-15-9-7-14(8-10-15)18(4,5)6/h7-10,12-13,16H,11,19H2,1-6H3,(H,20,21)/t13?,16-/m0/s1. The molecule has 4 nitrogen and oxygen atoms in total. The number of nitrogens with one attached hydrogen (secondary N) is 1. The van der Waals surface area contributed by atoms with E-state index in [2.05, 4.69) is 38.2 Å². The molecule has 0 saturated carbocycles. The third-order valence-electron chi connectivity index (χ3n) is 3.63. The van der Waals surface area contributed by atoms with E-state index in [1.54, 1.807) is 0 Å². The number of rotatable bonds is 6. The zero-order valence-electron chi connectivity index (χ0n) is 14.6. The van der Waals surface area contributed by atoms with Crippen molar-refractivity contribution in [2.24, 2.45) is 11.7 Å². The highest BCUT2D eigenvalue weighted by Gasteiger charge is 2.19. The topological polar surface area (TPSA) is 64.3 Å². The maximum absolute atomic E-state index is 11.9. The number of hydrogen-bond acceptors (Lipinski definition) is 3. The fourth-order valence-electron chi connectivity index (χ4n) is 1.96. The van der Waals surface area contributed by atoms with E-state index in [9.17, 15) is 4.79 Å². The lowest BCUT2D eigenvalue weighted by molar-refractivity contribution is -0.124. The van der Waals surface area contributed by atoms with Gasteiger partial charge in [-0.25, -0.2) is 0 Å². The Kier molecular flexibility index (Phi) is 6.42. The molecule has 0 bridgehead atoms. The molecule has 0 fully saturated rings. The first-order chi connectivity index (χ1) is 10.1. The molecule has 0 heterocycles. The molecule has 0 aromatic heterocycles. The van der Waals surface area contributed by atoms with Crippen molar-refractivity contribution in [1.29, 1.82) is 0 Å². The Hall–Kier alpha value is -1.55. The zero-order chi connectivity index (χ0) is 16.9. The Morgan fingerprint density at radius 1 is 1.18 bits per heavy atom. The van der Waals surface area contributed by atoms with E-state index in [4.69, 9.17) is 10.5 Å². The third-order valence-corrected chi connectivity index (χ3v) is 3.63. The summed E-state index contributed by atoms with van der Waals surface area (Å²) in [6, 6.07) is 7.53. The fourth-order valence-corrected chi connectivity index (χ4v) is 1.96. The molecule has 124 valence electrons. The van der Waals surface area contributed by atoms with Gasteiger partial charge in [0.15, 0.2) is 0 Å². The van der Waals surface area contributed by atoms with Crippen molar-refractivity contribution in [3.8, 4) is 5.75 Å². The molecule has 0 spiro atoms. The molecule has 22 heavy (non-hydrogen) atoms. The first kappa shape index (κ1) is 18.5. The number of benzene rings is 1. The van der Waals surface area contributed by atoms with Crippen molar-refractivity contribution >= 4 is 5.91 Å². The number of carbonyl (C=O) groups excluding carboxylic acids is 1. The van der Waals surface area contributed by atoms with Crippen molar-refractivity contribution in [2.75, 3.05) is 6.61 Å². The van der Waals surface area contributed by atoms with E-state index >= 15 is 0 Å². The van der Waals surface area contributed by atoms with E-state index in [1.807, 2.05) is 32.9 Å². The van der Waals surface area contributed by atoms with Gasteiger partial charge in [-0.2, -0.15) is 0 Å². The molecule has 0 aliphatic rings. The minimum Gasteiger partial charge on any atom is -0.491 e. The molecule has 1 unspecified atom stereocenters. The highest BCUT2D eigenvalue weighted by atomic mass is 16.5. The van der Waals surface area contributed by atoms with Crippen LogP contribution in [0.3, 0.4) is 0 Å². The van der Waals surface area contributed by atoms with Crippen molar-refractivity contribution in [3.05, 3.63) is 29.8 Å². The van der Waals surface area contributed by atoms with Crippen LogP contribution in [0.1, 0.15) is 47.1 Å². The largest absolute Gasteiger partial charge is 0.491 e. The second-order valence-corrected chi connectivity index (χ2v) is 7.26. The molecule has 1 aromatic rings. The minimum absolute atomic E-state index is 0.0837. The van der Waals surface area contributed by atoms with Crippen LogP contribution in [0.4, 0.5) is 0 Å². The first-order valence-corrected chi connectivity index (χ1v) is 7.90. The number of amides is 1. The van der Waals surface area contributed by atoms with Gasteiger partial charge in [0.1, 0.15) is 12.4 Å². The fraction of sp³-hybridized carbons (Fsp3) is 0.611. The molecule has 2 atom stereocenters. The lowest BCUT2D eigenvalue weighted by Gasteiger charge is -2.21. The average molecular weight is 306 g/mol. The Balaban J connectivity index is 2.47. The minimum atomic E-state index is -0.478. The Morgan fingerprint density at radius 2 is 1.73 bits per heavy atom. The molecule has 3 N–H and O–H groups in total. The van der Waals surface area contributed by atoms with Crippen LogP contribution in [-0.2, 0) is 10.2 Å². The molecule has 0 saturated heterocycles. The quantitative estimate of drug-likeness (QED) is 0.849. The number of hydrogen-bond donors (Lipinski definition) is 2. The number of carbonyl (C=O) groups is 1. The van der Waals surface area contributed by atoms with Gasteiger partial charge >= 0.3 is 0 Å². The molecule has 4 heteroatoms. The van der Waals surface area contributed by atoms with Crippen molar-refractivity contribution < 1.29 is 9.53 Å². The molecule has 1 amide bonds. The summed E-state index contributed by atoms with van der Waals surface area (Å²) in [6.45, 7) is 12.7. The molecular formula is C18H30N2O2. The second kappa shape index (κ2) is 7.63. The van der Waals surface area contributed by atoms with Gasteiger partial charge in [0.2, 0.25) is 5.91 Å². The molecule has 0 aliphatic heterocycles. The summed E-state index contributed by atoms with van der Waals surface area (Å²) in [5, 5.41) is 2.88. The van der Waals surface area contributed by atoms with Crippen molar-refractivity contribution in [2.45, 2.75) is 59.0 Å². The highest BCUT2D eigenvalue weighted by Crippen LogP contribution is 2.24. The van der Waals surface area contributed by atoms with Gasteiger partial charge < -0.3 is 15.8 Å². The van der Waals surface area contributed by atoms with Gasteiger partial charge in [-0.3, -0.25) is 4.79 Å². The van der Waals surface area contributed by atoms with E-state index in [0.29, 0.717) is 6.61 Å². The van der Waals surface area contributed by atoms with Gasteiger partial charge in [0.25, 0.3) is 0 Å². The monoisotopic (exact) mass is 306 g/mol. The van der Waals surface area contributed by atoms with Crippen molar-refractivity contribution in [3.63, 3.8) is 0 Å². The smallest absolute Gasteiger partial charge is 0.237 e. The molecule has 0 radical (unpaired) electrons. The normalized spacial score (nSPS) is 14.5. The Labute approximate surface area is 134 Å². The number of ether oxygens (including phenoxy) is 1. The second-order valence-electron chi connectivity index (χ2n) is 7.26. The van der Waals surface area contributed by atoms with E-state index in [1.165, 1.54) is 5.56 Å². The summed E-state index contributed by atoms with van der Waals surface area (Å²) < 4.78 is 5.72. The average Bonchev–Trinajstić information content (AvgIpc) is 2.43. The number of nitrogens with two attached hydrogens (primary N) is 1. The molecule has 1 rings (SSSR count). The lowest BCUT2D eigenvalue weighted by Crippen LogP contribution is -2.48. The van der Waals surface area contributed by atoms with Crippen LogP contribution in [0.25, 0.3) is 0 Å². The maximum Gasteiger partial charge on any atom is 0.237 e. The Bertz CT molecular complexity index is 475. The van der Waals surface area contributed by atoms with Crippen LogP contribution >= 0.6 is 0 Å². The molecular weight excluding hydrogens is 276 g/mol. The third kappa shape index (κ3) is 5.68. The summed E-state index contributed by atoms with van der Waals surface area (Å²) in [4.78, 5) is 11.9. The predicted molar refractivity (Wildman–Crippen MR) is 91.1 cm³/mol. The van der Waals surface area contributed by atoms with Crippen LogP contribution in [0.2, 0.25) is 0 Å². The summed E-state index contributed by atoms with van der Waals surface area (Å²) in [5.41, 5.74) is 7.22. The maximum atomic E-state index is 11.9. The van der Waals surface area contributed by atoms with Crippen LogP contribution in [-0.4, -0.2) is 24.6 Å². The highest BCUT2D eigenvalue weighted by molar-refractivity contribution is 5.81. The van der Waals surface area contributed by atoms with Gasteiger partial charge in [0.05, 0.1) is 12.1 Å². The van der Waals surface area contributed by atoms with Crippen molar-refractivity contribution in [1.82, 2.24) is 5.32 Å². The van der Waals surface area contributed by atoms with Gasteiger partial charge in [0, 0.05) is 0 Å². The lowest BCUT2D eigenvalue weighted by atomic mass is 9.87. The molecule has 1 aromatic carbocycles. The van der Waals surface area contributed by atoms with Crippen LogP contribution in [0.15, 0.2) is 24.3 Å². The summed E-state index contributed by atoms with van der Waals surface area (Å²) in [5.74, 6) is 0.800. The summed E-state index contributed by atoms with van der Waals surface area (Å²) in [6.07, 6.45) is 0. The van der Waals surface area contributed by atoms with Gasteiger partial charge in [-0.1, -0.05) is 46.8 Å². The van der Waals surface area contributed by atoms with Crippen LogP contribution in [0, 0.1) is 5.92 Å². The van der Waals surface area contributed by atoms with Gasteiger partial charge in [-0.15, -0.1) is 0 Å². The Morgan fingerprint density at radius 3 is 2.18 bits per heavy atom. The SMILES string of the molecule is CC(COc1ccc(C(C)(C)C)cc1)NC(=O)[C@@H](N)C(C)C. The van der Waals surface area contributed by atoms with E-state index in [0.717, 1.165) is 5.75 Å². The molecule has 0 aliphatic carbocycles. The van der Waals surface area contributed by atoms with E-state index < -0.39 is 6.04 Å². The predicted octanol–water partition coefficient (Wildman–Crippen LogP) is 2.85. The van der Waals surface area contributed by atoms with Crippen LogP contribution < -0.4 is 15.8 Å². The van der Waals surface area contributed by atoms with Gasteiger partial charge in [-0.05, 0) is 36.0 Å². The van der Waals surface area contributed by atoms with E-state index in [-0.39, 0.29) is 23.3 Å². The summed E-state index contributed by atoms with van der Waals surface area (Å²) >= 11 is 0.